The molecule has 0 aromatic rings. The maximum atomic E-state index is 11.6. The topological polar surface area (TPSA) is 52.6 Å². The van der Waals surface area contributed by atoms with E-state index in [1.54, 1.807) is 0 Å². The normalized spacial score (nSPS) is 44.9. The third-order valence-corrected chi connectivity index (χ3v) is 6.91. The van der Waals surface area contributed by atoms with E-state index in [4.69, 9.17) is 9.78 Å². The number of hydrogen-bond acceptors (Lipinski definition) is 4. The standard InChI is InChI=1S/C10H14O2.C7H12O2/c1-9(2)6-4-5-10(9,3)8(12)7(6)11;1-7(2)5-3-4-6(7)9-8-5/h6H,4-5H2,1-3H3;5-6H,3-4H2,1-2H3. The van der Waals surface area contributed by atoms with Gasteiger partial charge in [0.05, 0.1) is 0 Å². The average molecular weight is 294 g/mol. The molecule has 0 amide bonds. The predicted octanol–water partition coefficient (Wildman–Crippen LogP) is 3.09. The Bertz CT molecular complexity index is 471. The molecular weight excluding hydrogens is 268 g/mol. The minimum atomic E-state index is -0.352. The second kappa shape index (κ2) is 4.39. The molecule has 4 nitrogen and oxygen atoms in total. The van der Waals surface area contributed by atoms with Crippen LogP contribution in [0.5, 0.6) is 0 Å². The summed E-state index contributed by atoms with van der Waals surface area (Å²) in [5.41, 5.74) is -0.171. The van der Waals surface area contributed by atoms with Crippen molar-refractivity contribution in [1.29, 1.82) is 0 Å². The van der Waals surface area contributed by atoms with Gasteiger partial charge in [-0.1, -0.05) is 34.6 Å². The van der Waals surface area contributed by atoms with Crippen LogP contribution < -0.4 is 0 Å². The lowest BCUT2D eigenvalue weighted by atomic mass is 9.70. The van der Waals surface area contributed by atoms with Gasteiger partial charge >= 0.3 is 0 Å². The van der Waals surface area contributed by atoms with Crippen molar-refractivity contribution in [3.63, 3.8) is 0 Å². The number of rotatable bonds is 0. The van der Waals surface area contributed by atoms with Crippen molar-refractivity contribution in [3.8, 4) is 0 Å². The molecule has 21 heavy (non-hydrogen) atoms. The number of carbonyl (C=O) groups is 2. The molecule has 0 aromatic heterocycles. The lowest BCUT2D eigenvalue weighted by molar-refractivity contribution is -0.315. The van der Waals surface area contributed by atoms with Crippen molar-refractivity contribution >= 4 is 11.6 Å². The fourth-order valence-corrected chi connectivity index (χ4v) is 4.53. The van der Waals surface area contributed by atoms with E-state index in [-0.39, 0.29) is 33.7 Å². The summed E-state index contributed by atoms with van der Waals surface area (Å²) in [5.74, 6) is -0.229. The Morgan fingerprint density at radius 2 is 1.43 bits per heavy atom. The first-order chi connectivity index (χ1) is 9.62. The maximum absolute atomic E-state index is 11.6. The minimum absolute atomic E-state index is 0.00926. The Balaban J connectivity index is 0.000000131. The Labute approximate surface area is 126 Å². The summed E-state index contributed by atoms with van der Waals surface area (Å²) in [6, 6.07) is 0. The highest BCUT2D eigenvalue weighted by Crippen LogP contribution is 2.61. The maximum Gasteiger partial charge on any atom is 0.205 e. The SMILES string of the molecule is CC1(C)C2CCC1OO2.CC12CCC(C(=O)C1=O)C2(C)C. The van der Waals surface area contributed by atoms with Gasteiger partial charge in [-0.15, -0.1) is 0 Å². The second-order valence-corrected chi connectivity index (χ2v) is 8.41. The van der Waals surface area contributed by atoms with E-state index in [1.165, 1.54) is 12.8 Å². The van der Waals surface area contributed by atoms with Crippen molar-refractivity contribution in [2.75, 3.05) is 0 Å². The average Bonchev–Trinajstić information content (AvgIpc) is 2.99. The summed E-state index contributed by atoms with van der Waals surface area (Å²) < 4.78 is 0. The van der Waals surface area contributed by atoms with E-state index < -0.39 is 0 Å². The van der Waals surface area contributed by atoms with E-state index in [2.05, 4.69) is 13.8 Å². The van der Waals surface area contributed by atoms with Crippen molar-refractivity contribution < 1.29 is 19.4 Å². The molecule has 0 radical (unpaired) electrons. The summed E-state index contributed by atoms with van der Waals surface area (Å²) in [6.07, 6.45) is 4.89. The molecule has 4 heteroatoms. The highest BCUT2D eigenvalue weighted by molar-refractivity contribution is 6.43. The summed E-state index contributed by atoms with van der Waals surface area (Å²) in [5, 5.41) is 0. The number of ketones is 2. The number of Topliss-reactive ketones (excluding diaryl/α,β-unsaturated/α-hetero) is 2. The van der Waals surface area contributed by atoms with Gasteiger partial charge < -0.3 is 0 Å². The number of carbonyl (C=O) groups excluding carboxylic acids is 2. The molecule has 0 spiro atoms. The molecule has 1 heterocycles. The van der Waals surface area contributed by atoms with Crippen LogP contribution in [-0.4, -0.2) is 23.8 Å². The molecule has 0 N–H and O–H groups in total. The third kappa shape index (κ3) is 1.81. The Morgan fingerprint density at radius 1 is 0.905 bits per heavy atom. The molecule has 4 atom stereocenters. The summed E-state index contributed by atoms with van der Waals surface area (Å²) >= 11 is 0. The minimum Gasteiger partial charge on any atom is -0.291 e. The van der Waals surface area contributed by atoms with Gasteiger partial charge in [-0.05, 0) is 31.1 Å². The molecular formula is C17H26O4. The van der Waals surface area contributed by atoms with Gasteiger partial charge in [0.1, 0.15) is 12.2 Å². The van der Waals surface area contributed by atoms with Crippen LogP contribution in [0.3, 0.4) is 0 Å². The third-order valence-electron chi connectivity index (χ3n) is 6.91. The van der Waals surface area contributed by atoms with E-state index in [0.29, 0.717) is 12.2 Å². The van der Waals surface area contributed by atoms with Gasteiger partial charge in [0.15, 0.2) is 0 Å². The molecule has 3 saturated carbocycles. The lowest BCUT2D eigenvalue weighted by Gasteiger charge is -2.31. The van der Waals surface area contributed by atoms with Crippen LogP contribution in [0.25, 0.3) is 0 Å². The quantitative estimate of drug-likeness (QED) is 0.509. The zero-order chi connectivity index (χ0) is 15.6. The molecule has 1 saturated heterocycles. The van der Waals surface area contributed by atoms with E-state index in [0.717, 1.165) is 12.8 Å². The zero-order valence-electron chi connectivity index (χ0n) is 13.7. The van der Waals surface area contributed by atoms with E-state index >= 15 is 0 Å². The molecule has 3 aliphatic carbocycles. The first-order valence-electron chi connectivity index (χ1n) is 8.03. The zero-order valence-corrected chi connectivity index (χ0v) is 13.7. The largest absolute Gasteiger partial charge is 0.291 e. The molecule has 118 valence electrons. The fourth-order valence-electron chi connectivity index (χ4n) is 4.53. The van der Waals surface area contributed by atoms with E-state index in [9.17, 15) is 9.59 Å². The van der Waals surface area contributed by atoms with Crippen LogP contribution in [0, 0.1) is 22.2 Å². The fraction of sp³-hybridized carbons (Fsp3) is 0.882. The molecule has 4 fully saturated rings. The Morgan fingerprint density at radius 3 is 1.62 bits per heavy atom. The Hall–Kier alpha value is -0.740. The molecule has 0 aromatic carbocycles. The van der Waals surface area contributed by atoms with Crippen LogP contribution in [-0.2, 0) is 19.4 Å². The highest BCUT2D eigenvalue weighted by Gasteiger charge is 2.66. The molecule has 4 aliphatic rings. The van der Waals surface area contributed by atoms with Gasteiger partial charge in [-0.25, -0.2) is 9.78 Å². The summed E-state index contributed by atoms with van der Waals surface area (Å²) in [6.45, 7) is 10.5. The van der Waals surface area contributed by atoms with Crippen LogP contribution >= 0.6 is 0 Å². The van der Waals surface area contributed by atoms with Gasteiger partial charge in [0.25, 0.3) is 0 Å². The summed E-state index contributed by atoms with van der Waals surface area (Å²) in [4.78, 5) is 33.1. The molecule has 1 aliphatic heterocycles. The highest BCUT2D eigenvalue weighted by atomic mass is 17.2. The van der Waals surface area contributed by atoms with Gasteiger partial charge in [-0.2, -0.15) is 0 Å². The molecule has 4 unspecified atom stereocenters. The summed E-state index contributed by atoms with van der Waals surface area (Å²) in [7, 11) is 0. The van der Waals surface area contributed by atoms with Crippen LogP contribution in [0.1, 0.15) is 60.3 Å². The van der Waals surface area contributed by atoms with Crippen molar-refractivity contribution in [3.05, 3.63) is 0 Å². The monoisotopic (exact) mass is 294 g/mol. The Kier molecular flexibility index (Phi) is 3.17. The van der Waals surface area contributed by atoms with Crippen molar-refractivity contribution in [2.45, 2.75) is 72.5 Å². The first kappa shape index (κ1) is 15.2. The van der Waals surface area contributed by atoms with E-state index in [1.807, 2.05) is 20.8 Å². The number of fused-ring (bicyclic) bond motifs is 4. The van der Waals surface area contributed by atoms with Crippen LogP contribution in [0.4, 0.5) is 0 Å². The van der Waals surface area contributed by atoms with Crippen molar-refractivity contribution in [2.24, 2.45) is 22.2 Å². The van der Waals surface area contributed by atoms with Gasteiger partial charge in [-0.3, -0.25) is 9.59 Å². The smallest absolute Gasteiger partial charge is 0.205 e. The first-order valence-corrected chi connectivity index (χ1v) is 8.03. The van der Waals surface area contributed by atoms with Crippen LogP contribution in [0.15, 0.2) is 0 Å². The van der Waals surface area contributed by atoms with Crippen molar-refractivity contribution in [1.82, 2.24) is 0 Å². The number of hydrogen-bond donors (Lipinski definition) is 0. The van der Waals surface area contributed by atoms with Gasteiger partial charge in [0.2, 0.25) is 11.6 Å². The molecule has 4 bridgehead atoms. The predicted molar refractivity (Wildman–Crippen MR) is 77.4 cm³/mol. The second-order valence-electron chi connectivity index (χ2n) is 8.41. The van der Waals surface area contributed by atoms with Gasteiger partial charge in [0, 0.05) is 16.7 Å². The molecule has 4 rings (SSSR count). The lowest BCUT2D eigenvalue weighted by Crippen LogP contribution is -2.33. The van der Waals surface area contributed by atoms with Crippen LogP contribution in [0.2, 0.25) is 0 Å².